The molecule has 0 aliphatic rings. The van der Waals surface area contributed by atoms with E-state index in [1.54, 1.807) is 19.2 Å². The maximum absolute atomic E-state index is 12.1. The normalized spacial score (nSPS) is 10.2. The predicted molar refractivity (Wildman–Crippen MR) is 86.6 cm³/mol. The highest BCUT2D eigenvalue weighted by atomic mass is 16.6. The minimum absolute atomic E-state index is 0.417. The molecule has 0 atom stereocenters. The highest BCUT2D eigenvalue weighted by molar-refractivity contribution is 5.88. The number of carbonyl (C=O) groups excluding carboxylic acids is 1. The van der Waals surface area contributed by atoms with Crippen molar-refractivity contribution in [2.24, 2.45) is 0 Å². The van der Waals surface area contributed by atoms with Gasteiger partial charge in [0, 0.05) is 30.8 Å². The van der Waals surface area contributed by atoms with Crippen molar-refractivity contribution in [3.63, 3.8) is 0 Å². The van der Waals surface area contributed by atoms with E-state index in [0.717, 1.165) is 11.4 Å². The zero-order valence-electron chi connectivity index (χ0n) is 12.2. The second-order valence-corrected chi connectivity index (χ2v) is 4.85. The summed E-state index contributed by atoms with van der Waals surface area (Å²) in [5, 5.41) is 0. The summed E-state index contributed by atoms with van der Waals surface area (Å²) >= 11 is 0. The van der Waals surface area contributed by atoms with E-state index in [0.29, 0.717) is 5.75 Å². The SMILES string of the molecule is CN(C(=O)Oc1ccc(-n2cccc2)cc1)c1ccccc1. The van der Waals surface area contributed by atoms with Crippen molar-refractivity contribution >= 4 is 11.8 Å². The van der Waals surface area contributed by atoms with Crippen molar-refractivity contribution in [3.05, 3.63) is 79.1 Å². The molecular weight excluding hydrogens is 276 g/mol. The van der Waals surface area contributed by atoms with Crippen LogP contribution in [-0.4, -0.2) is 17.7 Å². The predicted octanol–water partition coefficient (Wildman–Crippen LogP) is 4.11. The first-order chi connectivity index (χ1) is 10.7. The van der Waals surface area contributed by atoms with Gasteiger partial charge in [0.05, 0.1) is 0 Å². The van der Waals surface area contributed by atoms with E-state index in [1.165, 1.54) is 4.90 Å². The Hall–Kier alpha value is -3.01. The average molecular weight is 292 g/mol. The van der Waals surface area contributed by atoms with E-state index in [-0.39, 0.29) is 0 Å². The number of anilines is 1. The van der Waals surface area contributed by atoms with Crippen molar-refractivity contribution in [1.29, 1.82) is 0 Å². The third kappa shape index (κ3) is 3.01. The Kier molecular flexibility index (Phi) is 3.92. The van der Waals surface area contributed by atoms with E-state index < -0.39 is 6.09 Å². The Bertz CT molecular complexity index is 735. The lowest BCUT2D eigenvalue weighted by Gasteiger charge is -2.16. The van der Waals surface area contributed by atoms with Crippen LogP contribution >= 0.6 is 0 Å². The highest BCUT2D eigenvalue weighted by Crippen LogP contribution is 2.18. The van der Waals surface area contributed by atoms with E-state index in [9.17, 15) is 4.79 Å². The number of carbonyl (C=O) groups is 1. The Labute approximate surface area is 129 Å². The largest absolute Gasteiger partial charge is 0.419 e. The van der Waals surface area contributed by atoms with Crippen molar-refractivity contribution < 1.29 is 9.53 Å². The summed E-state index contributed by atoms with van der Waals surface area (Å²) in [4.78, 5) is 13.6. The molecule has 0 spiro atoms. The van der Waals surface area contributed by atoms with Gasteiger partial charge in [-0.2, -0.15) is 0 Å². The fraction of sp³-hybridized carbons (Fsp3) is 0.0556. The van der Waals surface area contributed by atoms with Gasteiger partial charge in [-0.25, -0.2) is 4.79 Å². The lowest BCUT2D eigenvalue weighted by atomic mass is 10.3. The summed E-state index contributed by atoms with van der Waals surface area (Å²) in [6, 6.07) is 20.7. The zero-order chi connectivity index (χ0) is 15.4. The Balaban J connectivity index is 1.69. The molecule has 110 valence electrons. The number of ether oxygens (including phenoxy) is 1. The first-order valence-corrected chi connectivity index (χ1v) is 6.98. The highest BCUT2D eigenvalue weighted by Gasteiger charge is 2.12. The van der Waals surface area contributed by atoms with Gasteiger partial charge in [0.1, 0.15) is 5.75 Å². The first kappa shape index (κ1) is 13.9. The topological polar surface area (TPSA) is 34.5 Å². The van der Waals surface area contributed by atoms with E-state index in [1.807, 2.05) is 71.6 Å². The van der Waals surface area contributed by atoms with Crippen LogP contribution in [0.2, 0.25) is 0 Å². The molecule has 0 saturated carbocycles. The van der Waals surface area contributed by atoms with Crippen LogP contribution < -0.4 is 9.64 Å². The van der Waals surface area contributed by atoms with Crippen molar-refractivity contribution in [2.75, 3.05) is 11.9 Å². The molecule has 0 unspecified atom stereocenters. The van der Waals surface area contributed by atoms with Gasteiger partial charge in [0.15, 0.2) is 0 Å². The molecule has 1 amide bonds. The quantitative estimate of drug-likeness (QED) is 0.728. The molecule has 0 saturated heterocycles. The molecule has 0 aliphatic heterocycles. The van der Waals surface area contributed by atoms with Crippen LogP contribution in [-0.2, 0) is 0 Å². The first-order valence-electron chi connectivity index (χ1n) is 6.98. The lowest BCUT2D eigenvalue weighted by molar-refractivity contribution is 0.209. The summed E-state index contributed by atoms with van der Waals surface area (Å²) in [6.07, 6.45) is 3.51. The Morgan fingerprint density at radius 1 is 0.909 bits per heavy atom. The third-order valence-electron chi connectivity index (χ3n) is 3.36. The monoisotopic (exact) mass is 292 g/mol. The van der Waals surface area contributed by atoms with Crippen LogP contribution in [0, 0.1) is 0 Å². The average Bonchev–Trinajstić information content (AvgIpc) is 3.10. The number of hydrogen-bond donors (Lipinski definition) is 0. The molecule has 4 nitrogen and oxygen atoms in total. The maximum atomic E-state index is 12.1. The molecule has 0 bridgehead atoms. The van der Waals surface area contributed by atoms with Gasteiger partial charge in [0.2, 0.25) is 0 Å². The fourth-order valence-corrected chi connectivity index (χ4v) is 2.12. The van der Waals surface area contributed by atoms with Gasteiger partial charge in [0.25, 0.3) is 0 Å². The van der Waals surface area contributed by atoms with Crippen molar-refractivity contribution in [1.82, 2.24) is 4.57 Å². The smallest absolute Gasteiger partial charge is 0.410 e. The van der Waals surface area contributed by atoms with Crippen LogP contribution in [0.4, 0.5) is 10.5 Å². The number of benzene rings is 2. The lowest BCUT2D eigenvalue weighted by Crippen LogP contribution is -2.29. The van der Waals surface area contributed by atoms with Gasteiger partial charge in [-0.05, 0) is 48.5 Å². The summed E-state index contributed by atoms with van der Waals surface area (Å²) in [5.41, 5.74) is 1.80. The van der Waals surface area contributed by atoms with E-state index >= 15 is 0 Å². The Morgan fingerprint density at radius 2 is 1.55 bits per heavy atom. The molecule has 0 fully saturated rings. The summed E-state index contributed by atoms with van der Waals surface area (Å²) < 4.78 is 7.37. The maximum Gasteiger partial charge on any atom is 0.419 e. The minimum atomic E-state index is -0.417. The third-order valence-corrected chi connectivity index (χ3v) is 3.36. The summed E-state index contributed by atoms with van der Waals surface area (Å²) in [6.45, 7) is 0. The molecular formula is C18H16N2O2. The fourth-order valence-electron chi connectivity index (χ4n) is 2.12. The van der Waals surface area contributed by atoms with Crippen molar-refractivity contribution in [2.45, 2.75) is 0 Å². The molecule has 4 heteroatoms. The molecule has 3 aromatic rings. The molecule has 3 rings (SSSR count). The molecule has 1 aromatic heterocycles. The standard InChI is InChI=1S/C18H16N2O2/c1-19(15-7-3-2-4-8-15)18(21)22-17-11-9-16(10-12-17)20-13-5-6-14-20/h2-14H,1H3. The van der Waals surface area contributed by atoms with Crippen LogP contribution in [0.5, 0.6) is 5.75 Å². The zero-order valence-corrected chi connectivity index (χ0v) is 12.2. The van der Waals surface area contributed by atoms with Gasteiger partial charge in [-0.15, -0.1) is 0 Å². The van der Waals surface area contributed by atoms with Crippen LogP contribution in [0.25, 0.3) is 5.69 Å². The van der Waals surface area contributed by atoms with Crippen LogP contribution in [0.15, 0.2) is 79.1 Å². The Morgan fingerprint density at radius 3 is 2.18 bits per heavy atom. The van der Waals surface area contributed by atoms with Gasteiger partial charge < -0.3 is 9.30 Å². The van der Waals surface area contributed by atoms with E-state index in [4.69, 9.17) is 4.74 Å². The molecule has 1 heterocycles. The van der Waals surface area contributed by atoms with Gasteiger partial charge in [-0.1, -0.05) is 18.2 Å². The second-order valence-electron chi connectivity index (χ2n) is 4.85. The minimum Gasteiger partial charge on any atom is -0.410 e. The van der Waals surface area contributed by atoms with E-state index in [2.05, 4.69) is 0 Å². The number of para-hydroxylation sites is 1. The molecule has 2 aromatic carbocycles. The van der Waals surface area contributed by atoms with Crippen LogP contribution in [0.1, 0.15) is 0 Å². The number of nitrogens with zero attached hydrogens (tertiary/aromatic N) is 2. The van der Waals surface area contributed by atoms with Gasteiger partial charge in [-0.3, -0.25) is 4.90 Å². The molecule has 0 radical (unpaired) electrons. The van der Waals surface area contributed by atoms with Crippen molar-refractivity contribution in [3.8, 4) is 11.4 Å². The molecule has 22 heavy (non-hydrogen) atoms. The summed E-state index contributed by atoms with van der Waals surface area (Å²) in [5.74, 6) is 0.517. The number of hydrogen-bond acceptors (Lipinski definition) is 2. The molecule has 0 aliphatic carbocycles. The second kappa shape index (κ2) is 6.18. The summed E-state index contributed by atoms with van der Waals surface area (Å²) in [7, 11) is 1.69. The number of rotatable bonds is 3. The molecule has 0 N–H and O–H groups in total. The number of aromatic nitrogens is 1. The van der Waals surface area contributed by atoms with Gasteiger partial charge >= 0.3 is 6.09 Å². The van der Waals surface area contributed by atoms with Crippen LogP contribution in [0.3, 0.4) is 0 Å². The number of amides is 1.